The number of ether oxygens (including phenoxy) is 1. The van der Waals surface area contributed by atoms with Crippen LogP contribution in [0.1, 0.15) is 30.9 Å². The van der Waals surface area contributed by atoms with Crippen LogP contribution in [0.5, 0.6) is 5.75 Å². The molecule has 1 unspecified atom stereocenters. The number of likely N-dealkylation sites (tertiary alicyclic amines) is 1. The summed E-state index contributed by atoms with van der Waals surface area (Å²) in [4.78, 5) is 37.8. The van der Waals surface area contributed by atoms with Crippen molar-refractivity contribution in [3.63, 3.8) is 0 Å². The van der Waals surface area contributed by atoms with Crippen LogP contribution >= 0.6 is 0 Å². The molecule has 0 spiro atoms. The number of fused-ring (bicyclic) bond motifs is 1. The van der Waals surface area contributed by atoms with Crippen LogP contribution in [0.2, 0.25) is 0 Å². The van der Waals surface area contributed by atoms with E-state index in [0.29, 0.717) is 48.3 Å². The van der Waals surface area contributed by atoms with Gasteiger partial charge in [0, 0.05) is 18.0 Å². The lowest BCUT2D eigenvalue weighted by Crippen LogP contribution is -2.41. The molecule has 7 nitrogen and oxygen atoms in total. The first-order chi connectivity index (χ1) is 13.3. The molecule has 0 bridgehead atoms. The standard InChI is InChI=1S/C21H23NO6/c1-12(2)11-27-14-6-7-15-13(3)16(21(26)28-18(15)9-14)10-19(23)22-8-4-5-17(22)20(24)25/h6-7,9,17H,1,4-5,8,10-11H2,2-3H3,(H,24,25). The van der Waals surface area contributed by atoms with Gasteiger partial charge in [-0.15, -0.1) is 0 Å². The number of amides is 1. The summed E-state index contributed by atoms with van der Waals surface area (Å²) in [6.45, 7) is 8.14. The topological polar surface area (TPSA) is 97.0 Å². The highest BCUT2D eigenvalue weighted by Crippen LogP contribution is 2.25. The van der Waals surface area contributed by atoms with Crippen molar-refractivity contribution in [2.75, 3.05) is 13.2 Å². The van der Waals surface area contributed by atoms with Crippen molar-refractivity contribution in [1.29, 1.82) is 0 Å². The summed E-state index contributed by atoms with van der Waals surface area (Å²) in [7, 11) is 0. The van der Waals surface area contributed by atoms with Gasteiger partial charge < -0.3 is 19.2 Å². The maximum atomic E-state index is 12.6. The molecule has 1 aromatic carbocycles. The molecule has 1 aromatic heterocycles. The Morgan fingerprint density at radius 2 is 2.14 bits per heavy atom. The van der Waals surface area contributed by atoms with E-state index in [1.54, 1.807) is 25.1 Å². The molecule has 1 N–H and O–H groups in total. The van der Waals surface area contributed by atoms with Crippen LogP contribution in [0.3, 0.4) is 0 Å². The van der Waals surface area contributed by atoms with Crippen molar-refractivity contribution in [3.8, 4) is 5.75 Å². The van der Waals surface area contributed by atoms with Crippen molar-refractivity contribution >= 4 is 22.8 Å². The number of aryl methyl sites for hydroxylation is 1. The van der Waals surface area contributed by atoms with Crippen molar-refractivity contribution in [1.82, 2.24) is 4.90 Å². The van der Waals surface area contributed by atoms with E-state index in [4.69, 9.17) is 9.15 Å². The number of benzene rings is 1. The average Bonchev–Trinajstić information content (AvgIpc) is 3.13. The normalized spacial score (nSPS) is 16.4. The predicted octanol–water partition coefficient (Wildman–Crippen LogP) is 2.67. The second-order valence-electron chi connectivity index (χ2n) is 7.16. The Morgan fingerprint density at radius 3 is 2.82 bits per heavy atom. The smallest absolute Gasteiger partial charge is 0.340 e. The monoisotopic (exact) mass is 385 g/mol. The van der Waals surface area contributed by atoms with Crippen LogP contribution in [0.15, 0.2) is 39.6 Å². The fourth-order valence-electron chi connectivity index (χ4n) is 3.45. The van der Waals surface area contributed by atoms with Gasteiger partial charge in [0.15, 0.2) is 0 Å². The average molecular weight is 385 g/mol. The molecule has 0 radical (unpaired) electrons. The zero-order valence-electron chi connectivity index (χ0n) is 16.0. The lowest BCUT2D eigenvalue weighted by Gasteiger charge is -2.21. The number of rotatable bonds is 6. The summed E-state index contributed by atoms with van der Waals surface area (Å²) >= 11 is 0. The molecule has 7 heteroatoms. The summed E-state index contributed by atoms with van der Waals surface area (Å²) in [5.41, 5.74) is 1.55. The maximum Gasteiger partial charge on any atom is 0.340 e. The molecule has 1 aliphatic rings. The highest BCUT2D eigenvalue weighted by Gasteiger charge is 2.34. The molecule has 1 saturated heterocycles. The van der Waals surface area contributed by atoms with Gasteiger partial charge in [-0.25, -0.2) is 9.59 Å². The zero-order chi connectivity index (χ0) is 20.4. The molecule has 148 valence electrons. The van der Waals surface area contributed by atoms with E-state index in [9.17, 15) is 19.5 Å². The van der Waals surface area contributed by atoms with Crippen LogP contribution in [-0.2, 0) is 16.0 Å². The largest absolute Gasteiger partial charge is 0.489 e. The lowest BCUT2D eigenvalue weighted by molar-refractivity contribution is -0.148. The van der Waals surface area contributed by atoms with Crippen LogP contribution < -0.4 is 10.4 Å². The summed E-state index contributed by atoms with van der Waals surface area (Å²) in [6, 6.07) is 4.36. The third-order valence-electron chi connectivity index (χ3n) is 4.93. The summed E-state index contributed by atoms with van der Waals surface area (Å²) in [5, 5.41) is 9.97. The Balaban J connectivity index is 1.88. The van der Waals surface area contributed by atoms with Gasteiger partial charge in [0.05, 0.1) is 12.0 Å². The molecular weight excluding hydrogens is 362 g/mol. The minimum Gasteiger partial charge on any atom is -0.489 e. The second kappa shape index (κ2) is 7.88. The quantitative estimate of drug-likeness (QED) is 0.607. The molecule has 1 aliphatic heterocycles. The predicted molar refractivity (Wildman–Crippen MR) is 104 cm³/mol. The van der Waals surface area contributed by atoms with Crippen molar-refractivity contribution in [2.24, 2.45) is 0 Å². The maximum absolute atomic E-state index is 12.6. The molecule has 2 aromatic rings. The zero-order valence-corrected chi connectivity index (χ0v) is 16.0. The van der Waals surface area contributed by atoms with Gasteiger partial charge in [-0.3, -0.25) is 4.79 Å². The Bertz CT molecular complexity index is 1010. The molecular formula is C21H23NO6. The summed E-state index contributed by atoms with van der Waals surface area (Å²) in [5.74, 6) is -0.834. The van der Waals surface area contributed by atoms with Crippen LogP contribution in [-0.4, -0.2) is 41.1 Å². The number of carboxylic acids is 1. The fourth-order valence-corrected chi connectivity index (χ4v) is 3.45. The number of carbonyl (C=O) groups is 2. The number of hydrogen-bond donors (Lipinski definition) is 1. The molecule has 1 amide bonds. The number of carbonyl (C=O) groups excluding carboxylic acids is 1. The second-order valence-corrected chi connectivity index (χ2v) is 7.16. The Morgan fingerprint density at radius 1 is 1.39 bits per heavy atom. The first-order valence-corrected chi connectivity index (χ1v) is 9.13. The SMILES string of the molecule is C=C(C)COc1ccc2c(C)c(CC(=O)N3CCCC3C(=O)O)c(=O)oc2c1. The van der Waals surface area contributed by atoms with E-state index in [2.05, 4.69) is 6.58 Å². The highest BCUT2D eigenvalue weighted by atomic mass is 16.5. The van der Waals surface area contributed by atoms with Crippen LogP contribution in [0.4, 0.5) is 0 Å². The number of carboxylic acid groups (broad SMARTS) is 1. The van der Waals surface area contributed by atoms with Crippen LogP contribution in [0.25, 0.3) is 11.0 Å². The number of hydrogen-bond acceptors (Lipinski definition) is 5. The molecule has 0 aliphatic carbocycles. The molecule has 3 rings (SSSR count). The van der Waals surface area contributed by atoms with Gasteiger partial charge in [-0.2, -0.15) is 0 Å². The van der Waals surface area contributed by atoms with E-state index in [-0.39, 0.29) is 17.9 Å². The van der Waals surface area contributed by atoms with E-state index < -0.39 is 17.6 Å². The molecule has 0 saturated carbocycles. The highest BCUT2D eigenvalue weighted by molar-refractivity contribution is 5.88. The van der Waals surface area contributed by atoms with Crippen molar-refractivity contribution in [2.45, 2.75) is 39.2 Å². The van der Waals surface area contributed by atoms with Gasteiger partial charge >= 0.3 is 11.6 Å². The minimum absolute atomic E-state index is 0.179. The Kier molecular flexibility index (Phi) is 5.53. The van der Waals surface area contributed by atoms with E-state index >= 15 is 0 Å². The third kappa shape index (κ3) is 3.93. The van der Waals surface area contributed by atoms with Crippen LogP contribution in [0, 0.1) is 6.92 Å². The first-order valence-electron chi connectivity index (χ1n) is 9.13. The van der Waals surface area contributed by atoms with Gasteiger partial charge in [-0.1, -0.05) is 6.58 Å². The number of aliphatic carboxylic acids is 1. The molecule has 28 heavy (non-hydrogen) atoms. The molecule has 2 heterocycles. The van der Waals surface area contributed by atoms with Gasteiger partial charge in [0.25, 0.3) is 0 Å². The van der Waals surface area contributed by atoms with Gasteiger partial charge in [0.2, 0.25) is 5.91 Å². The fraction of sp³-hybridized carbons (Fsp3) is 0.381. The van der Waals surface area contributed by atoms with Gasteiger partial charge in [-0.05, 0) is 50.0 Å². The van der Waals surface area contributed by atoms with E-state index in [0.717, 1.165) is 5.57 Å². The molecule has 1 fully saturated rings. The third-order valence-corrected chi connectivity index (χ3v) is 4.93. The summed E-state index contributed by atoms with van der Waals surface area (Å²) in [6.07, 6.45) is 0.891. The van der Waals surface area contributed by atoms with Gasteiger partial charge in [0.1, 0.15) is 24.0 Å². The molecule has 1 atom stereocenters. The Labute approximate surface area is 162 Å². The Hall–Kier alpha value is -3.09. The summed E-state index contributed by atoms with van der Waals surface area (Å²) < 4.78 is 11.0. The van der Waals surface area contributed by atoms with E-state index in [1.807, 2.05) is 6.92 Å². The van der Waals surface area contributed by atoms with E-state index in [1.165, 1.54) is 4.90 Å². The minimum atomic E-state index is -1.02. The van der Waals surface area contributed by atoms with Crippen molar-refractivity contribution in [3.05, 3.63) is 51.9 Å². The van der Waals surface area contributed by atoms with Crippen molar-refractivity contribution < 1.29 is 23.8 Å². The number of nitrogens with zero attached hydrogens (tertiary/aromatic N) is 1. The first kappa shape index (κ1) is 19.7. The lowest BCUT2D eigenvalue weighted by atomic mass is 10.0.